The molecule has 7 rings (SSSR count). The van der Waals surface area contributed by atoms with Crippen molar-refractivity contribution in [2.24, 2.45) is 0 Å². The summed E-state index contributed by atoms with van der Waals surface area (Å²) in [6.07, 6.45) is -9.81. The van der Waals surface area contributed by atoms with E-state index in [-0.39, 0.29) is 23.7 Å². The number of imidazole rings is 1. The van der Waals surface area contributed by atoms with Gasteiger partial charge >= 0.3 is 18.2 Å². The summed E-state index contributed by atoms with van der Waals surface area (Å²) in [6.45, 7) is -0.469. The number of aliphatic hydroxyl groups excluding tert-OH is 1. The normalized spacial score (nSPS) is 18.6. The first-order valence-electron chi connectivity index (χ1n) is 19.7. The number of alkyl halides is 3. The van der Waals surface area contributed by atoms with E-state index in [0.717, 1.165) is 0 Å². The van der Waals surface area contributed by atoms with Crippen molar-refractivity contribution in [3.63, 3.8) is 0 Å². The number of benzene rings is 4. The molecule has 6 aromatic rings. The third kappa shape index (κ3) is 9.53. The van der Waals surface area contributed by atoms with Crippen LogP contribution in [0.2, 0.25) is 0 Å². The molecule has 334 valence electrons. The second kappa shape index (κ2) is 19.0. The largest absolute Gasteiger partial charge is 0.497 e. The number of H-pyrrole nitrogens is 1. The SMILES string of the molecule is COc1ccc(C(OC[C@H]2O[C@@](C)(n3cnc4c(=O)[nH]c(NC(=O)COc5ccccc5)nc43)[C@H](OC(=O)NCCNC(=O)C(F)(F)F)[C@@H]2O)(c2ccccc2)c2ccccc2)cc1. The Bertz CT molecular complexity index is 2580. The van der Waals surface area contributed by atoms with E-state index in [0.29, 0.717) is 28.2 Å². The van der Waals surface area contributed by atoms with Gasteiger partial charge in [0, 0.05) is 13.1 Å². The molecule has 1 saturated heterocycles. The molecular formula is C44H42F3N7O10. The lowest BCUT2D eigenvalue weighted by Crippen LogP contribution is -2.48. The van der Waals surface area contributed by atoms with Crippen LogP contribution < -0.4 is 31.0 Å². The van der Waals surface area contributed by atoms with Crippen molar-refractivity contribution in [1.82, 2.24) is 30.2 Å². The number of rotatable bonds is 16. The Balaban J connectivity index is 1.22. The van der Waals surface area contributed by atoms with E-state index in [2.05, 4.69) is 25.6 Å². The molecule has 1 aliphatic heterocycles. The number of amides is 3. The topological polar surface area (TPSA) is 217 Å². The highest BCUT2D eigenvalue weighted by atomic mass is 19.4. The van der Waals surface area contributed by atoms with Gasteiger partial charge in [-0.1, -0.05) is 91.0 Å². The minimum Gasteiger partial charge on any atom is -0.497 e. The van der Waals surface area contributed by atoms with E-state index in [1.54, 1.807) is 54.9 Å². The van der Waals surface area contributed by atoms with Crippen molar-refractivity contribution >= 4 is 35.0 Å². The Morgan fingerprint density at radius 3 is 2.06 bits per heavy atom. The lowest BCUT2D eigenvalue weighted by molar-refractivity contribution is -0.173. The molecule has 0 bridgehead atoms. The number of anilines is 1. The zero-order chi connectivity index (χ0) is 45.5. The maximum absolute atomic E-state index is 13.3. The Labute approximate surface area is 362 Å². The van der Waals surface area contributed by atoms with E-state index < -0.39 is 79.0 Å². The van der Waals surface area contributed by atoms with Gasteiger partial charge in [0.05, 0.1) is 20.0 Å². The van der Waals surface area contributed by atoms with E-state index in [1.165, 1.54) is 17.8 Å². The summed E-state index contributed by atoms with van der Waals surface area (Å²) >= 11 is 0. The maximum atomic E-state index is 13.3. The van der Waals surface area contributed by atoms with Crippen LogP contribution in [0.4, 0.5) is 23.9 Å². The molecule has 0 spiro atoms. The van der Waals surface area contributed by atoms with E-state index >= 15 is 0 Å². The van der Waals surface area contributed by atoms with Gasteiger partial charge in [-0.15, -0.1) is 0 Å². The molecule has 5 N–H and O–H groups in total. The minimum absolute atomic E-state index is 0.163. The first kappa shape index (κ1) is 44.8. The molecule has 17 nitrogen and oxygen atoms in total. The number of hydrogen-bond donors (Lipinski definition) is 5. The number of hydrogen-bond acceptors (Lipinski definition) is 12. The van der Waals surface area contributed by atoms with Crippen LogP contribution in [0.3, 0.4) is 0 Å². The fourth-order valence-corrected chi connectivity index (χ4v) is 7.31. The van der Waals surface area contributed by atoms with E-state index in [9.17, 15) is 37.5 Å². The molecule has 4 aromatic carbocycles. The van der Waals surface area contributed by atoms with Gasteiger partial charge < -0.3 is 39.4 Å². The lowest BCUT2D eigenvalue weighted by Gasteiger charge is -2.37. The number of nitrogens with zero attached hydrogens (tertiary/aromatic N) is 3. The van der Waals surface area contributed by atoms with Gasteiger partial charge in [0.1, 0.15) is 29.3 Å². The second-order valence-corrected chi connectivity index (χ2v) is 14.5. The van der Waals surface area contributed by atoms with Gasteiger partial charge in [-0.05, 0) is 47.9 Å². The third-order valence-electron chi connectivity index (χ3n) is 10.4. The number of aliphatic hydroxyl groups is 1. The van der Waals surface area contributed by atoms with Crippen LogP contribution in [-0.2, 0) is 35.1 Å². The monoisotopic (exact) mass is 885 g/mol. The van der Waals surface area contributed by atoms with Crippen molar-refractivity contribution in [1.29, 1.82) is 0 Å². The zero-order valence-corrected chi connectivity index (χ0v) is 34.2. The van der Waals surface area contributed by atoms with Crippen LogP contribution >= 0.6 is 0 Å². The molecule has 20 heteroatoms. The number of aromatic amines is 1. The fraction of sp³-hybridized carbons (Fsp3) is 0.273. The van der Waals surface area contributed by atoms with Gasteiger partial charge in [-0.2, -0.15) is 18.2 Å². The first-order chi connectivity index (χ1) is 30.7. The molecular weight excluding hydrogens is 844 g/mol. The molecule has 3 amide bonds. The van der Waals surface area contributed by atoms with Crippen LogP contribution in [-0.4, -0.2) is 100 Å². The molecule has 1 aliphatic rings. The number of alkyl carbamates (subject to hydrolysis) is 1. The number of fused-ring (bicyclic) bond motifs is 1. The highest BCUT2D eigenvalue weighted by Crippen LogP contribution is 2.44. The van der Waals surface area contributed by atoms with Crippen molar-refractivity contribution in [3.8, 4) is 11.5 Å². The summed E-state index contributed by atoms with van der Waals surface area (Å²) in [5.74, 6) is -2.16. The van der Waals surface area contributed by atoms with Crippen molar-refractivity contribution in [2.45, 2.75) is 42.7 Å². The summed E-state index contributed by atoms with van der Waals surface area (Å²) < 4.78 is 69.7. The number of ether oxygens (including phenoxy) is 5. The summed E-state index contributed by atoms with van der Waals surface area (Å²) in [6, 6.07) is 34.4. The number of methoxy groups -OCH3 is 1. The lowest BCUT2D eigenvalue weighted by atomic mass is 9.80. The first-order valence-corrected chi connectivity index (χ1v) is 19.7. The summed E-state index contributed by atoms with van der Waals surface area (Å²) in [7, 11) is 1.54. The number of carbonyl (C=O) groups excluding carboxylic acids is 3. The van der Waals surface area contributed by atoms with Crippen LogP contribution in [0, 0.1) is 0 Å². The van der Waals surface area contributed by atoms with Crippen LogP contribution in [0.5, 0.6) is 11.5 Å². The summed E-state index contributed by atoms with van der Waals surface area (Å²) in [5.41, 5.74) is -2.32. The number of nitrogens with one attached hydrogen (secondary N) is 4. The fourth-order valence-electron chi connectivity index (χ4n) is 7.31. The van der Waals surface area contributed by atoms with Gasteiger partial charge in [-0.25, -0.2) is 9.78 Å². The zero-order valence-electron chi connectivity index (χ0n) is 34.2. The summed E-state index contributed by atoms with van der Waals surface area (Å²) in [5, 5.41) is 18.5. The van der Waals surface area contributed by atoms with Crippen molar-refractivity contribution < 1.29 is 56.3 Å². The van der Waals surface area contributed by atoms with Gasteiger partial charge in [0.2, 0.25) is 5.95 Å². The molecule has 1 fully saturated rings. The van der Waals surface area contributed by atoms with Crippen LogP contribution in [0.25, 0.3) is 11.2 Å². The average Bonchev–Trinajstić information content (AvgIpc) is 3.84. The highest BCUT2D eigenvalue weighted by molar-refractivity contribution is 5.90. The minimum atomic E-state index is -5.14. The number of para-hydroxylation sites is 1. The Hall–Kier alpha value is -7.29. The molecule has 2 aromatic heterocycles. The van der Waals surface area contributed by atoms with Gasteiger partial charge in [-0.3, -0.25) is 29.3 Å². The molecule has 64 heavy (non-hydrogen) atoms. The predicted octanol–water partition coefficient (Wildman–Crippen LogP) is 4.36. The Kier molecular flexibility index (Phi) is 13.3. The van der Waals surface area contributed by atoms with Gasteiger partial charge in [0.15, 0.2) is 29.6 Å². The number of carbonyl (C=O) groups is 3. The van der Waals surface area contributed by atoms with Crippen LogP contribution in [0.1, 0.15) is 23.6 Å². The molecule has 3 heterocycles. The van der Waals surface area contributed by atoms with Crippen LogP contribution in [0.15, 0.2) is 126 Å². The number of aromatic nitrogens is 4. The smallest absolute Gasteiger partial charge is 0.471 e. The average molecular weight is 886 g/mol. The molecule has 0 unspecified atom stereocenters. The molecule has 4 atom stereocenters. The van der Waals surface area contributed by atoms with Crippen molar-refractivity contribution in [3.05, 3.63) is 149 Å². The highest BCUT2D eigenvalue weighted by Gasteiger charge is 2.57. The standard InChI is InChI=1S/C44H42F3N7O10/c1-42(54-26-50-34-37(54)52-40(53-38(34)57)51-33(55)25-61-31-16-10-5-11-17-31)36(63-41(59)49-23-22-48-39(58)44(45,46)47)35(56)32(64-42)24-62-43(27-12-6-3-7-13-27,28-14-8-4-9-15-28)29-18-20-30(60-2)21-19-29/h3-21,26,32,35-36,56H,22-25H2,1-2H3,(H,48,58)(H,49,59)(H2,51,52,53,55,57)/t32-,35-,36-,42-/m1/s1. The Morgan fingerprint density at radius 2 is 1.45 bits per heavy atom. The second-order valence-electron chi connectivity index (χ2n) is 14.5. The third-order valence-corrected chi connectivity index (χ3v) is 10.4. The predicted molar refractivity (Wildman–Crippen MR) is 222 cm³/mol. The maximum Gasteiger partial charge on any atom is 0.471 e. The molecule has 0 saturated carbocycles. The van der Waals surface area contributed by atoms with E-state index in [4.69, 9.17) is 23.7 Å². The Morgan fingerprint density at radius 1 is 0.859 bits per heavy atom. The number of halogens is 3. The van der Waals surface area contributed by atoms with Gasteiger partial charge in [0.25, 0.3) is 11.5 Å². The van der Waals surface area contributed by atoms with E-state index in [1.807, 2.05) is 72.8 Å². The summed E-state index contributed by atoms with van der Waals surface area (Å²) in [4.78, 5) is 61.9. The van der Waals surface area contributed by atoms with Crippen molar-refractivity contribution in [2.75, 3.05) is 38.7 Å². The molecule has 0 aliphatic carbocycles. The quantitative estimate of drug-likeness (QED) is 0.0677. The molecule has 0 radical (unpaired) electrons.